The second-order valence-corrected chi connectivity index (χ2v) is 5.64. The summed E-state index contributed by atoms with van der Waals surface area (Å²) >= 11 is 0. The highest BCUT2D eigenvalue weighted by atomic mass is 16.4. The molecule has 4 aromatic heterocycles. The van der Waals surface area contributed by atoms with Crippen LogP contribution < -0.4 is 5.46 Å². The highest BCUT2D eigenvalue weighted by molar-refractivity contribution is 6.58. The van der Waals surface area contributed by atoms with Crippen molar-refractivity contribution in [2.75, 3.05) is 0 Å². The van der Waals surface area contributed by atoms with Gasteiger partial charge in [0.1, 0.15) is 5.69 Å². The van der Waals surface area contributed by atoms with E-state index < -0.39 is 7.12 Å². The third kappa shape index (κ3) is 3.69. The minimum Gasteiger partial charge on any atom is -0.423 e. The topological polar surface area (TPSA) is 118 Å². The van der Waals surface area contributed by atoms with E-state index >= 15 is 0 Å². The molecule has 0 fully saturated rings. The van der Waals surface area contributed by atoms with Gasteiger partial charge < -0.3 is 10.0 Å². The first-order chi connectivity index (χ1) is 13.2. The van der Waals surface area contributed by atoms with E-state index in [4.69, 9.17) is 0 Å². The minimum atomic E-state index is -1.58. The van der Waals surface area contributed by atoms with E-state index in [0.29, 0.717) is 23.2 Å². The maximum atomic E-state index is 9.23. The molecule has 0 radical (unpaired) electrons. The van der Waals surface area contributed by atoms with Gasteiger partial charge in [-0.25, -0.2) is 15.0 Å². The number of hydrogen-bond acceptors (Lipinski definition) is 8. The van der Waals surface area contributed by atoms with Crippen molar-refractivity contribution in [3.63, 3.8) is 0 Å². The fraction of sp³-hybridized carbons (Fsp3) is 0. The molecule has 0 aliphatic carbocycles. The van der Waals surface area contributed by atoms with Crippen molar-refractivity contribution in [1.82, 2.24) is 29.9 Å². The molecule has 9 heteroatoms. The summed E-state index contributed by atoms with van der Waals surface area (Å²) in [5, 5.41) is 18.5. The van der Waals surface area contributed by atoms with Crippen molar-refractivity contribution in [3.8, 4) is 34.3 Å². The molecule has 0 unspecified atom stereocenters. The highest BCUT2D eigenvalue weighted by Crippen LogP contribution is 2.22. The van der Waals surface area contributed by atoms with Gasteiger partial charge in [0, 0.05) is 47.6 Å². The largest absolute Gasteiger partial charge is 0.490 e. The van der Waals surface area contributed by atoms with Crippen molar-refractivity contribution >= 4 is 12.6 Å². The van der Waals surface area contributed by atoms with E-state index in [1.807, 2.05) is 12.1 Å². The summed E-state index contributed by atoms with van der Waals surface area (Å²) in [5.41, 5.74) is 2.26. The smallest absolute Gasteiger partial charge is 0.423 e. The molecule has 4 aromatic rings. The number of nitrogens with zero attached hydrogens (tertiary/aromatic N) is 6. The van der Waals surface area contributed by atoms with Crippen LogP contribution in [0.4, 0.5) is 0 Å². The van der Waals surface area contributed by atoms with Crippen molar-refractivity contribution in [2.24, 2.45) is 0 Å². The zero-order chi connectivity index (χ0) is 18.6. The van der Waals surface area contributed by atoms with Gasteiger partial charge in [-0.15, -0.1) is 0 Å². The zero-order valence-electron chi connectivity index (χ0n) is 14.0. The number of rotatable bonds is 4. The summed E-state index contributed by atoms with van der Waals surface area (Å²) in [4.78, 5) is 26.0. The maximum Gasteiger partial charge on any atom is 0.490 e. The lowest BCUT2D eigenvalue weighted by atomic mass is 9.82. The van der Waals surface area contributed by atoms with Gasteiger partial charge in [-0.1, -0.05) is 6.07 Å². The van der Waals surface area contributed by atoms with E-state index in [-0.39, 0.29) is 5.46 Å². The molecule has 0 saturated heterocycles. The molecule has 0 bridgehead atoms. The molecule has 0 spiro atoms. The summed E-state index contributed by atoms with van der Waals surface area (Å²) < 4.78 is 0. The fourth-order valence-corrected chi connectivity index (χ4v) is 2.43. The lowest BCUT2D eigenvalue weighted by Crippen LogP contribution is -2.29. The van der Waals surface area contributed by atoms with Gasteiger partial charge in [-0.2, -0.15) is 0 Å². The Labute approximate surface area is 154 Å². The summed E-state index contributed by atoms with van der Waals surface area (Å²) in [6.07, 6.45) is 8.06. The highest BCUT2D eigenvalue weighted by Gasteiger charge is 2.15. The van der Waals surface area contributed by atoms with Crippen molar-refractivity contribution in [3.05, 3.63) is 67.4 Å². The summed E-state index contributed by atoms with van der Waals surface area (Å²) in [7, 11) is -1.58. The normalized spacial score (nSPS) is 10.6. The molecular formula is C18H13BN6O2. The second-order valence-electron chi connectivity index (χ2n) is 5.64. The molecular weight excluding hydrogens is 343 g/mol. The van der Waals surface area contributed by atoms with E-state index in [2.05, 4.69) is 29.9 Å². The standard InChI is InChI=1S/C18H13BN6O2/c26-19(27)14-5-6-15(22-11-14)18-24-16(12-3-1-7-20-9-12)23-17(25-18)13-4-2-8-21-10-13/h1-11,26-27H. The quantitative estimate of drug-likeness (QED) is 0.514. The Morgan fingerprint density at radius 1 is 0.667 bits per heavy atom. The van der Waals surface area contributed by atoms with E-state index in [1.165, 1.54) is 6.20 Å². The van der Waals surface area contributed by atoms with Gasteiger partial charge in [0.15, 0.2) is 17.5 Å². The molecule has 4 rings (SSSR count). The Balaban J connectivity index is 1.85. The number of aromatic nitrogens is 6. The van der Waals surface area contributed by atoms with Gasteiger partial charge in [0.05, 0.1) is 0 Å². The predicted octanol–water partition coefficient (Wildman–Crippen LogP) is 0.737. The molecule has 8 nitrogen and oxygen atoms in total. The van der Waals surface area contributed by atoms with Crippen LogP contribution in [-0.2, 0) is 0 Å². The summed E-state index contributed by atoms with van der Waals surface area (Å²) in [6, 6.07) is 10.5. The Hall–Kier alpha value is -3.56. The Kier molecular flexibility index (Phi) is 4.60. The van der Waals surface area contributed by atoms with Crippen LogP contribution in [0.15, 0.2) is 67.4 Å². The molecule has 130 valence electrons. The Bertz CT molecular complexity index is 989. The van der Waals surface area contributed by atoms with Crippen LogP contribution >= 0.6 is 0 Å². The van der Waals surface area contributed by atoms with Gasteiger partial charge in [0.25, 0.3) is 0 Å². The van der Waals surface area contributed by atoms with E-state index in [1.54, 1.807) is 49.1 Å². The minimum absolute atomic E-state index is 0.285. The molecule has 27 heavy (non-hydrogen) atoms. The first-order valence-corrected chi connectivity index (χ1v) is 8.10. The molecule has 0 aromatic carbocycles. The van der Waals surface area contributed by atoms with Crippen LogP contribution in [0.1, 0.15) is 0 Å². The molecule has 2 N–H and O–H groups in total. The average Bonchev–Trinajstić information content (AvgIpc) is 2.75. The SMILES string of the molecule is OB(O)c1ccc(-c2nc(-c3cccnc3)nc(-c3cccnc3)n2)nc1. The Morgan fingerprint density at radius 3 is 1.70 bits per heavy atom. The predicted molar refractivity (Wildman–Crippen MR) is 99.3 cm³/mol. The summed E-state index contributed by atoms with van der Waals surface area (Å²) in [6.45, 7) is 0. The monoisotopic (exact) mass is 356 g/mol. The van der Waals surface area contributed by atoms with E-state index in [0.717, 1.165) is 11.1 Å². The lowest BCUT2D eigenvalue weighted by molar-refractivity contribution is 0.425. The van der Waals surface area contributed by atoms with E-state index in [9.17, 15) is 10.0 Å². The molecule has 0 atom stereocenters. The lowest BCUT2D eigenvalue weighted by Gasteiger charge is -2.07. The van der Waals surface area contributed by atoms with Crippen LogP contribution in [0.2, 0.25) is 0 Å². The molecule has 0 saturated carbocycles. The van der Waals surface area contributed by atoms with Crippen LogP contribution in [0, 0.1) is 0 Å². The van der Waals surface area contributed by atoms with Crippen LogP contribution in [0.25, 0.3) is 34.3 Å². The number of pyridine rings is 3. The molecule has 0 aliphatic heterocycles. The summed E-state index contributed by atoms with van der Waals surface area (Å²) in [5.74, 6) is 1.28. The van der Waals surface area contributed by atoms with Crippen molar-refractivity contribution in [2.45, 2.75) is 0 Å². The zero-order valence-corrected chi connectivity index (χ0v) is 14.0. The first kappa shape index (κ1) is 16.9. The van der Waals surface area contributed by atoms with Crippen molar-refractivity contribution < 1.29 is 10.0 Å². The van der Waals surface area contributed by atoms with Crippen molar-refractivity contribution in [1.29, 1.82) is 0 Å². The van der Waals surface area contributed by atoms with Gasteiger partial charge in [0.2, 0.25) is 0 Å². The fourth-order valence-electron chi connectivity index (χ4n) is 2.43. The van der Waals surface area contributed by atoms with Crippen LogP contribution in [0.5, 0.6) is 0 Å². The average molecular weight is 356 g/mol. The first-order valence-electron chi connectivity index (χ1n) is 8.10. The molecule has 0 aliphatic rings. The third-order valence-electron chi connectivity index (χ3n) is 3.79. The number of hydrogen-bond donors (Lipinski definition) is 2. The molecule has 4 heterocycles. The van der Waals surface area contributed by atoms with Gasteiger partial charge in [-0.05, 0) is 30.3 Å². The van der Waals surface area contributed by atoms with Gasteiger partial charge in [-0.3, -0.25) is 15.0 Å². The van der Waals surface area contributed by atoms with Crippen LogP contribution in [-0.4, -0.2) is 47.1 Å². The van der Waals surface area contributed by atoms with Crippen LogP contribution in [0.3, 0.4) is 0 Å². The van der Waals surface area contributed by atoms with Gasteiger partial charge >= 0.3 is 7.12 Å². The molecule has 0 amide bonds. The second kappa shape index (κ2) is 7.36. The third-order valence-corrected chi connectivity index (χ3v) is 3.79. The Morgan fingerprint density at radius 2 is 1.26 bits per heavy atom. The maximum absolute atomic E-state index is 9.23.